The van der Waals surface area contributed by atoms with Crippen LogP contribution >= 0.6 is 15.9 Å². The molecule has 0 spiro atoms. The summed E-state index contributed by atoms with van der Waals surface area (Å²) in [5, 5.41) is 0. The molecule has 0 aliphatic heterocycles. The minimum atomic E-state index is -3.96. The zero-order chi connectivity index (χ0) is 12.5. The first kappa shape index (κ1) is 13.7. The van der Waals surface area contributed by atoms with Crippen molar-refractivity contribution in [3.8, 4) is 0 Å². The van der Waals surface area contributed by atoms with E-state index in [9.17, 15) is 13.2 Å². The zero-order valence-electron chi connectivity index (χ0n) is 9.98. The van der Waals surface area contributed by atoms with Crippen molar-refractivity contribution in [1.82, 2.24) is 0 Å². The summed E-state index contributed by atoms with van der Waals surface area (Å²) in [6.07, 6.45) is 3.16. The fourth-order valence-electron chi connectivity index (χ4n) is 3.47. The molecule has 2 aliphatic rings. The summed E-state index contributed by atoms with van der Waals surface area (Å²) in [5.41, 5.74) is 0. The standard InChI is InChI=1S/C13H20BrF3/c14-12-7-3-10(4-8-12)9-1-5-11(6-2-9)13(15,16)17/h9-12H,1-8H2. The molecular weight excluding hydrogens is 293 g/mol. The first-order chi connectivity index (χ1) is 7.97. The van der Waals surface area contributed by atoms with E-state index in [1.54, 1.807) is 0 Å². The molecule has 2 saturated carbocycles. The third-order valence-corrected chi connectivity index (χ3v) is 5.52. The van der Waals surface area contributed by atoms with E-state index in [-0.39, 0.29) is 0 Å². The third-order valence-electron chi connectivity index (χ3n) is 4.60. The molecule has 4 heteroatoms. The highest BCUT2D eigenvalue weighted by Gasteiger charge is 2.42. The largest absolute Gasteiger partial charge is 0.391 e. The first-order valence-corrected chi connectivity index (χ1v) is 7.59. The van der Waals surface area contributed by atoms with Crippen LogP contribution in [0.5, 0.6) is 0 Å². The molecule has 0 nitrogen and oxygen atoms in total. The Labute approximate surface area is 109 Å². The lowest BCUT2D eigenvalue weighted by Crippen LogP contribution is -2.31. The van der Waals surface area contributed by atoms with Gasteiger partial charge in [-0.15, -0.1) is 0 Å². The highest BCUT2D eigenvalue weighted by Crippen LogP contribution is 2.45. The van der Waals surface area contributed by atoms with Crippen LogP contribution in [0, 0.1) is 17.8 Å². The van der Waals surface area contributed by atoms with Gasteiger partial charge in [-0.2, -0.15) is 13.2 Å². The molecule has 0 N–H and O–H groups in total. The predicted molar refractivity (Wildman–Crippen MR) is 66.2 cm³/mol. The van der Waals surface area contributed by atoms with Gasteiger partial charge in [-0.1, -0.05) is 15.9 Å². The summed E-state index contributed by atoms with van der Waals surface area (Å²) in [6, 6.07) is 0. The van der Waals surface area contributed by atoms with E-state index in [0.29, 0.717) is 29.5 Å². The summed E-state index contributed by atoms with van der Waals surface area (Å²) >= 11 is 3.63. The first-order valence-electron chi connectivity index (χ1n) is 6.67. The molecule has 2 aliphatic carbocycles. The lowest BCUT2D eigenvalue weighted by atomic mass is 9.71. The maximum absolute atomic E-state index is 12.6. The monoisotopic (exact) mass is 312 g/mol. The number of rotatable bonds is 1. The lowest BCUT2D eigenvalue weighted by molar-refractivity contribution is -0.185. The van der Waals surface area contributed by atoms with Gasteiger partial charge in [-0.25, -0.2) is 0 Å². The molecule has 100 valence electrons. The Morgan fingerprint density at radius 2 is 1.12 bits per heavy atom. The van der Waals surface area contributed by atoms with E-state index >= 15 is 0 Å². The van der Waals surface area contributed by atoms with Gasteiger partial charge in [0.25, 0.3) is 0 Å². The van der Waals surface area contributed by atoms with E-state index in [1.807, 2.05) is 0 Å². The number of alkyl halides is 4. The zero-order valence-corrected chi connectivity index (χ0v) is 11.6. The van der Waals surface area contributed by atoms with Gasteiger partial charge in [-0.3, -0.25) is 0 Å². The van der Waals surface area contributed by atoms with E-state index in [0.717, 1.165) is 12.8 Å². The Kier molecular flexibility index (Phi) is 4.43. The Hall–Kier alpha value is 0.270. The summed E-state index contributed by atoms with van der Waals surface area (Å²) in [4.78, 5) is 0.644. The summed E-state index contributed by atoms with van der Waals surface area (Å²) < 4.78 is 37.7. The third kappa shape index (κ3) is 3.62. The molecule has 0 aromatic carbocycles. The van der Waals surface area contributed by atoms with Crippen LogP contribution in [-0.4, -0.2) is 11.0 Å². The van der Waals surface area contributed by atoms with Crippen LogP contribution in [0.25, 0.3) is 0 Å². The molecule has 0 aromatic heterocycles. The van der Waals surface area contributed by atoms with Crippen molar-refractivity contribution >= 4 is 15.9 Å². The Morgan fingerprint density at radius 3 is 1.53 bits per heavy atom. The minimum absolute atomic E-state index is 0.363. The van der Waals surface area contributed by atoms with Crippen molar-refractivity contribution in [3.05, 3.63) is 0 Å². The Morgan fingerprint density at radius 1 is 0.706 bits per heavy atom. The highest BCUT2D eigenvalue weighted by molar-refractivity contribution is 9.09. The van der Waals surface area contributed by atoms with Gasteiger partial charge in [0.2, 0.25) is 0 Å². The topological polar surface area (TPSA) is 0 Å². The summed E-state index contributed by atoms with van der Waals surface area (Å²) in [6.45, 7) is 0. The van der Waals surface area contributed by atoms with Gasteiger partial charge in [0.1, 0.15) is 0 Å². The molecule has 17 heavy (non-hydrogen) atoms. The molecular formula is C13H20BrF3. The second kappa shape index (κ2) is 5.50. The van der Waals surface area contributed by atoms with Gasteiger partial charge >= 0.3 is 6.18 Å². The number of hydrogen-bond acceptors (Lipinski definition) is 0. The van der Waals surface area contributed by atoms with Crippen LogP contribution in [0.15, 0.2) is 0 Å². The van der Waals surface area contributed by atoms with Crippen molar-refractivity contribution in [2.24, 2.45) is 17.8 Å². The molecule has 0 saturated heterocycles. The average molecular weight is 313 g/mol. The quantitative estimate of drug-likeness (QED) is 0.576. The average Bonchev–Trinajstić information content (AvgIpc) is 2.29. The number of hydrogen-bond donors (Lipinski definition) is 0. The molecule has 2 rings (SSSR count). The molecule has 0 aromatic rings. The summed E-state index contributed by atoms with van der Waals surface area (Å²) in [5.74, 6) is 0.234. The number of halogens is 4. The van der Waals surface area contributed by atoms with Crippen LogP contribution in [0.3, 0.4) is 0 Å². The fourth-order valence-corrected chi connectivity index (χ4v) is 4.00. The molecule has 0 atom stereocenters. The van der Waals surface area contributed by atoms with E-state index in [2.05, 4.69) is 15.9 Å². The van der Waals surface area contributed by atoms with E-state index < -0.39 is 12.1 Å². The SMILES string of the molecule is FC(F)(F)C1CCC(C2CCC(Br)CC2)CC1. The van der Waals surface area contributed by atoms with Crippen molar-refractivity contribution < 1.29 is 13.2 Å². The smallest absolute Gasteiger partial charge is 0.171 e. The Balaban J connectivity index is 1.79. The van der Waals surface area contributed by atoms with Gasteiger partial charge in [0, 0.05) is 4.83 Å². The van der Waals surface area contributed by atoms with Crippen LogP contribution in [0.2, 0.25) is 0 Å². The summed E-state index contributed by atoms with van der Waals surface area (Å²) in [7, 11) is 0. The maximum Gasteiger partial charge on any atom is 0.391 e. The minimum Gasteiger partial charge on any atom is -0.171 e. The van der Waals surface area contributed by atoms with Crippen molar-refractivity contribution in [3.63, 3.8) is 0 Å². The van der Waals surface area contributed by atoms with Gasteiger partial charge in [-0.05, 0) is 63.2 Å². The van der Waals surface area contributed by atoms with Crippen molar-refractivity contribution in [2.75, 3.05) is 0 Å². The van der Waals surface area contributed by atoms with Crippen molar-refractivity contribution in [1.29, 1.82) is 0 Å². The second-order valence-electron chi connectivity index (χ2n) is 5.67. The fraction of sp³-hybridized carbons (Fsp3) is 1.00. The lowest BCUT2D eigenvalue weighted by Gasteiger charge is -2.37. The molecule has 0 amide bonds. The predicted octanol–water partition coefficient (Wildman–Crippen LogP) is 5.31. The molecule has 0 bridgehead atoms. The van der Waals surface area contributed by atoms with Crippen LogP contribution in [-0.2, 0) is 0 Å². The molecule has 2 fully saturated rings. The van der Waals surface area contributed by atoms with Crippen molar-refractivity contribution in [2.45, 2.75) is 62.4 Å². The maximum atomic E-state index is 12.6. The second-order valence-corrected chi connectivity index (χ2v) is 6.96. The molecule has 0 unspecified atom stereocenters. The van der Waals surface area contributed by atoms with Crippen LogP contribution in [0.1, 0.15) is 51.4 Å². The van der Waals surface area contributed by atoms with E-state index in [4.69, 9.17) is 0 Å². The van der Waals surface area contributed by atoms with E-state index in [1.165, 1.54) is 25.7 Å². The highest BCUT2D eigenvalue weighted by atomic mass is 79.9. The molecule has 0 radical (unpaired) electrons. The van der Waals surface area contributed by atoms with Gasteiger partial charge < -0.3 is 0 Å². The molecule has 0 heterocycles. The normalized spacial score (nSPS) is 40.2. The van der Waals surface area contributed by atoms with Gasteiger partial charge in [0.05, 0.1) is 5.92 Å². The van der Waals surface area contributed by atoms with Crippen LogP contribution < -0.4 is 0 Å². The van der Waals surface area contributed by atoms with Gasteiger partial charge in [0.15, 0.2) is 0 Å². The Bertz CT molecular complexity index is 236. The van der Waals surface area contributed by atoms with Crippen LogP contribution in [0.4, 0.5) is 13.2 Å².